The van der Waals surface area contributed by atoms with Crippen molar-refractivity contribution in [2.75, 3.05) is 19.6 Å². The van der Waals surface area contributed by atoms with Crippen LogP contribution in [0.4, 0.5) is 0 Å². The van der Waals surface area contributed by atoms with Crippen LogP contribution in [0.1, 0.15) is 43.0 Å². The summed E-state index contributed by atoms with van der Waals surface area (Å²) in [5.74, 6) is 0.667. The number of amides is 1. The molecule has 1 fully saturated rings. The van der Waals surface area contributed by atoms with Crippen molar-refractivity contribution in [3.63, 3.8) is 0 Å². The number of piperidine rings is 1. The van der Waals surface area contributed by atoms with E-state index in [4.69, 9.17) is 0 Å². The van der Waals surface area contributed by atoms with Crippen molar-refractivity contribution in [1.82, 2.24) is 24.8 Å². The number of imidazole rings is 1. The van der Waals surface area contributed by atoms with Crippen molar-refractivity contribution in [2.45, 2.75) is 31.7 Å². The van der Waals surface area contributed by atoms with Gasteiger partial charge in [0, 0.05) is 0 Å². The lowest BCUT2D eigenvalue weighted by atomic mass is 9.89. The Morgan fingerprint density at radius 2 is 2.08 bits per heavy atom. The Morgan fingerprint density at radius 1 is 1.31 bits per heavy atom. The summed E-state index contributed by atoms with van der Waals surface area (Å²) in [5, 5.41) is 7.24. The van der Waals surface area contributed by atoms with Gasteiger partial charge in [0.1, 0.15) is 5.51 Å². The normalized spacial score (nSPS) is 17.4. The van der Waals surface area contributed by atoms with Crippen LogP contribution in [0, 0.1) is 0 Å². The predicted octanol–water partition coefficient (Wildman–Crippen LogP) is 2.85. The maximum Gasteiger partial charge on any atom is 0.234 e. The minimum atomic E-state index is -0.113. The zero-order valence-electron chi connectivity index (χ0n) is 14.8. The van der Waals surface area contributed by atoms with Crippen molar-refractivity contribution in [1.29, 1.82) is 0 Å². The number of nitrogens with zero attached hydrogens (tertiary/aromatic N) is 4. The average molecular weight is 369 g/mol. The van der Waals surface area contributed by atoms with Crippen molar-refractivity contribution < 1.29 is 4.79 Å². The molecule has 136 valence electrons. The molecule has 1 N–H and O–H groups in total. The van der Waals surface area contributed by atoms with Crippen LogP contribution in [0.15, 0.2) is 42.0 Å². The number of nitrogens with one attached hydrogen (secondary N) is 1. The Balaban J connectivity index is 1.27. The molecular weight excluding hydrogens is 346 g/mol. The second-order valence-electron chi connectivity index (χ2n) is 6.88. The van der Waals surface area contributed by atoms with Crippen molar-refractivity contribution in [3.05, 3.63) is 53.3 Å². The van der Waals surface area contributed by atoms with Gasteiger partial charge in [-0.3, -0.25) is 9.69 Å². The molecule has 1 unspecified atom stereocenters. The third-order valence-electron chi connectivity index (χ3n) is 5.05. The quantitative estimate of drug-likeness (QED) is 0.751. The lowest BCUT2D eigenvalue weighted by molar-refractivity contribution is -0.123. The fourth-order valence-electron chi connectivity index (χ4n) is 3.58. The molecule has 0 saturated carbocycles. The van der Waals surface area contributed by atoms with Crippen molar-refractivity contribution >= 4 is 22.2 Å². The van der Waals surface area contributed by atoms with Gasteiger partial charge in [0.05, 0.1) is 24.5 Å². The topological polar surface area (TPSA) is 62.5 Å². The second-order valence-corrected chi connectivity index (χ2v) is 7.69. The molecule has 0 bridgehead atoms. The van der Waals surface area contributed by atoms with Crippen LogP contribution in [-0.4, -0.2) is 45.0 Å². The van der Waals surface area contributed by atoms with E-state index in [1.165, 1.54) is 16.9 Å². The maximum absolute atomic E-state index is 12.4. The first-order chi connectivity index (χ1) is 12.7. The zero-order valence-corrected chi connectivity index (χ0v) is 15.7. The van der Waals surface area contributed by atoms with Gasteiger partial charge in [0.15, 0.2) is 0 Å². The van der Waals surface area contributed by atoms with Crippen LogP contribution >= 0.6 is 11.3 Å². The van der Waals surface area contributed by atoms with Crippen LogP contribution in [-0.2, 0) is 4.79 Å². The van der Waals surface area contributed by atoms with Gasteiger partial charge < -0.3 is 5.32 Å². The van der Waals surface area contributed by atoms with Crippen LogP contribution in [0.3, 0.4) is 0 Å². The van der Waals surface area contributed by atoms with Crippen molar-refractivity contribution in [2.24, 2.45) is 0 Å². The molecule has 0 radical (unpaired) electrons. The van der Waals surface area contributed by atoms with Gasteiger partial charge >= 0.3 is 0 Å². The highest BCUT2D eigenvalue weighted by Gasteiger charge is 2.22. The minimum Gasteiger partial charge on any atom is -0.347 e. The second kappa shape index (κ2) is 7.55. The van der Waals surface area contributed by atoms with E-state index >= 15 is 0 Å². The zero-order chi connectivity index (χ0) is 17.9. The summed E-state index contributed by atoms with van der Waals surface area (Å²) in [6.45, 7) is 4.34. The lowest BCUT2D eigenvalue weighted by Gasteiger charge is -2.31. The Labute approximate surface area is 156 Å². The molecule has 0 spiro atoms. The third kappa shape index (κ3) is 3.78. The SMILES string of the molecule is CC(NC(=O)CN1CCC(c2ccccc2)CC1)c1cn2ncsc2n1. The molecule has 3 heterocycles. The van der Waals surface area contributed by atoms with E-state index < -0.39 is 0 Å². The first-order valence-electron chi connectivity index (χ1n) is 9.04. The van der Waals surface area contributed by atoms with Crippen LogP contribution in [0.25, 0.3) is 4.96 Å². The van der Waals surface area contributed by atoms with E-state index in [1.54, 1.807) is 10.0 Å². The number of fused-ring (bicyclic) bond motifs is 1. The van der Waals surface area contributed by atoms with Crippen LogP contribution in [0.5, 0.6) is 0 Å². The Hall–Kier alpha value is -2.25. The number of carbonyl (C=O) groups is 1. The van der Waals surface area contributed by atoms with E-state index in [-0.39, 0.29) is 11.9 Å². The van der Waals surface area contributed by atoms with E-state index in [9.17, 15) is 4.79 Å². The van der Waals surface area contributed by atoms with Crippen LogP contribution in [0.2, 0.25) is 0 Å². The number of benzene rings is 1. The van der Waals surface area contributed by atoms with E-state index in [2.05, 4.69) is 50.6 Å². The monoisotopic (exact) mass is 369 g/mol. The maximum atomic E-state index is 12.4. The molecule has 3 aromatic rings. The molecule has 1 atom stereocenters. The minimum absolute atomic E-state index is 0.0555. The largest absolute Gasteiger partial charge is 0.347 e. The number of hydrogen-bond donors (Lipinski definition) is 1. The van der Waals surface area contributed by atoms with Gasteiger partial charge in [-0.15, -0.1) is 0 Å². The molecule has 1 amide bonds. The molecule has 26 heavy (non-hydrogen) atoms. The highest BCUT2D eigenvalue weighted by atomic mass is 32.1. The van der Waals surface area contributed by atoms with Gasteiger partial charge in [-0.2, -0.15) is 5.10 Å². The summed E-state index contributed by atoms with van der Waals surface area (Å²) in [7, 11) is 0. The molecule has 1 aromatic carbocycles. The van der Waals surface area contributed by atoms with Gasteiger partial charge in [-0.1, -0.05) is 41.7 Å². The number of rotatable bonds is 5. The molecule has 7 heteroatoms. The number of likely N-dealkylation sites (tertiary alicyclic amines) is 1. The predicted molar refractivity (Wildman–Crippen MR) is 102 cm³/mol. The fourth-order valence-corrected chi connectivity index (χ4v) is 4.19. The van der Waals surface area contributed by atoms with E-state index in [1.807, 2.05) is 13.1 Å². The summed E-state index contributed by atoms with van der Waals surface area (Å²) in [6, 6.07) is 10.6. The summed E-state index contributed by atoms with van der Waals surface area (Å²) in [6.07, 6.45) is 4.09. The molecule has 2 aromatic heterocycles. The standard InChI is InChI=1S/C19H23N5OS/c1-14(17-11-24-19(22-17)26-13-20-24)21-18(25)12-23-9-7-16(8-10-23)15-5-3-2-4-6-15/h2-6,11,13-14,16H,7-10,12H2,1H3,(H,21,25). The number of aromatic nitrogens is 3. The van der Waals surface area contributed by atoms with E-state index in [0.29, 0.717) is 12.5 Å². The fraction of sp³-hybridized carbons (Fsp3) is 0.421. The molecule has 4 rings (SSSR count). The third-order valence-corrected chi connectivity index (χ3v) is 5.74. The highest BCUT2D eigenvalue weighted by Crippen LogP contribution is 2.27. The summed E-state index contributed by atoms with van der Waals surface area (Å²) in [5.41, 5.74) is 4.02. The molecule has 0 aliphatic carbocycles. The first kappa shape index (κ1) is 17.2. The Kier molecular flexibility index (Phi) is 4.99. The van der Waals surface area contributed by atoms with Crippen molar-refractivity contribution in [3.8, 4) is 0 Å². The van der Waals surface area contributed by atoms with Gasteiger partial charge in [-0.05, 0) is 44.3 Å². The smallest absolute Gasteiger partial charge is 0.234 e. The molecule has 1 saturated heterocycles. The van der Waals surface area contributed by atoms with E-state index in [0.717, 1.165) is 36.6 Å². The highest BCUT2D eigenvalue weighted by molar-refractivity contribution is 7.14. The summed E-state index contributed by atoms with van der Waals surface area (Å²) >= 11 is 1.49. The van der Waals surface area contributed by atoms with Crippen LogP contribution < -0.4 is 5.32 Å². The summed E-state index contributed by atoms with van der Waals surface area (Å²) < 4.78 is 1.75. The molecule has 6 nitrogen and oxygen atoms in total. The number of hydrogen-bond acceptors (Lipinski definition) is 5. The summed E-state index contributed by atoms with van der Waals surface area (Å²) in [4.78, 5) is 20.0. The molecule has 1 aliphatic rings. The molecular formula is C19H23N5OS. The lowest BCUT2D eigenvalue weighted by Crippen LogP contribution is -2.41. The number of carbonyl (C=O) groups excluding carboxylic acids is 1. The van der Waals surface area contributed by atoms with Gasteiger partial charge in [0.2, 0.25) is 10.9 Å². The van der Waals surface area contributed by atoms with Gasteiger partial charge in [-0.25, -0.2) is 9.50 Å². The Morgan fingerprint density at radius 3 is 2.81 bits per heavy atom. The first-order valence-corrected chi connectivity index (χ1v) is 9.92. The average Bonchev–Trinajstić information content (AvgIpc) is 3.25. The van der Waals surface area contributed by atoms with Gasteiger partial charge in [0.25, 0.3) is 0 Å². The Bertz CT molecular complexity index is 838. The molecule has 1 aliphatic heterocycles.